The molecule has 0 spiro atoms. The molecule has 1 atom stereocenters. The normalized spacial score (nSPS) is 14.7. The minimum absolute atomic E-state index is 0.213. The van der Waals surface area contributed by atoms with Crippen LogP contribution < -0.4 is 14.8 Å². The van der Waals surface area contributed by atoms with Crippen molar-refractivity contribution in [3.05, 3.63) is 59.9 Å². The number of aryl methyl sites for hydroxylation is 1. The lowest BCUT2D eigenvalue weighted by Crippen LogP contribution is -2.36. The van der Waals surface area contributed by atoms with Gasteiger partial charge in [0.25, 0.3) is 0 Å². The molecule has 1 aliphatic heterocycles. The summed E-state index contributed by atoms with van der Waals surface area (Å²) < 4.78 is 25.1. The molecule has 1 N–H and O–H groups in total. The van der Waals surface area contributed by atoms with Crippen LogP contribution in [0.4, 0.5) is 4.39 Å². The highest BCUT2D eigenvalue weighted by molar-refractivity contribution is 5.88. The topological polar surface area (TPSA) is 42.9 Å². The van der Waals surface area contributed by atoms with Gasteiger partial charge in [0, 0.05) is 12.6 Å². The van der Waals surface area contributed by atoms with E-state index >= 15 is 0 Å². The lowest BCUT2D eigenvalue weighted by Gasteiger charge is -2.20. The number of benzene rings is 2. The van der Waals surface area contributed by atoms with E-state index in [0.717, 1.165) is 31.8 Å². The second-order valence-electron chi connectivity index (χ2n) is 5.62. The Morgan fingerprint density at radius 1 is 1.21 bits per heavy atom. The van der Waals surface area contributed by atoms with Crippen molar-refractivity contribution in [3.8, 4) is 11.5 Å². The number of hydrogen-bond acceptors (Lipinski definition) is 4. The maximum atomic E-state index is 14.2. The number of methoxy groups -OCH3 is 1. The molecule has 2 aromatic rings. The Labute approximate surface area is 141 Å². The molecule has 3 rings (SSSR count). The third kappa shape index (κ3) is 4.04. The van der Waals surface area contributed by atoms with E-state index in [9.17, 15) is 4.39 Å². The molecule has 0 bridgehead atoms. The Hall–Kier alpha value is -2.56. The van der Waals surface area contributed by atoms with Crippen LogP contribution in [-0.4, -0.2) is 32.1 Å². The molecule has 24 heavy (non-hydrogen) atoms. The van der Waals surface area contributed by atoms with Crippen molar-refractivity contribution in [1.82, 2.24) is 5.32 Å². The van der Waals surface area contributed by atoms with E-state index in [1.807, 2.05) is 18.2 Å². The smallest absolute Gasteiger partial charge is 0.168 e. The van der Waals surface area contributed by atoms with Gasteiger partial charge in [0.2, 0.25) is 0 Å². The van der Waals surface area contributed by atoms with Crippen molar-refractivity contribution in [3.63, 3.8) is 0 Å². The van der Waals surface area contributed by atoms with Crippen LogP contribution in [0.3, 0.4) is 0 Å². The van der Waals surface area contributed by atoms with Crippen molar-refractivity contribution in [1.29, 1.82) is 0 Å². The van der Waals surface area contributed by atoms with Gasteiger partial charge >= 0.3 is 0 Å². The molecular weight excluding hydrogens is 307 g/mol. The van der Waals surface area contributed by atoms with Crippen molar-refractivity contribution in [2.24, 2.45) is 4.99 Å². The van der Waals surface area contributed by atoms with Crippen molar-refractivity contribution in [2.75, 3.05) is 20.2 Å². The third-order valence-corrected chi connectivity index (χ3v) is 3.95. The zero-order valence-electron chi connectivity index (χ0n) is 13.7. The van der Waals surface area contributed by atoms with Gasteiger partial charge in [-0.1, -0.05) is 30.3 Å². The predicted molar refractivity (Wildman–Crippen MR) is 92.4 cm³/mol. The van der Waals surface area contributed by atoms with Crippen LogP contribution in [0.15, 0.2) is 53.5 Å². The molecule has 0 fully saturated rings. The molecule has 0 amide bonds. The Kier molecular flexibility index (Phi) is 5.31. The molecule has 5 heteroatoms. The largest absolute Gasteiger partial charge is 0.497 e. The van der Waals surface area contributed by atoms with E-state index in [1.54, 1.807) is 12.1 Å². The fourth-order valence-corrected chi connectivity index (χ4v) is 2.68. The average molecular weight is 328 g/mol. The molecule has 0 aliphatic carbocycles. The quantitative estimate of drug-likeness (QED) is 0.849. The van der Waals surface area contributed by atoms with Gasteiger partial charge in [-0.15, -0.1) is 0 Å². The Morgan fingerprint density at radius 3 is 2.71 bits per heavy atom. The minimum atomic E-state index is -0.433. The summed E-state index contributed by atoms with van der Waals surface area (Å²) >= 11 is 0. The molecule has 4 nitrogen and oxygen atoms in total. The standard InChI is InChI=1S/C19H21FN2O2/c1-23-15-8-10-17(16(20)13-15)24-18(19-21-11-12-22-19)9-7-14-5-3-2-4-6-14/h2-6,8,10,13,18H,7,9,11-12H2,1H3,(H,21,22). The van der Waals surface area contributed by atoms with Crippen molar-refractivity contribution < 1.29 is 13.9 Å². The molecule has 0 radical (unpaired) electrons. The first-order chi connectivity index (χ1) is 11.8. The third-order valence-electron chi connectivity index (χ3n) is 3.95. The fraction of sp³-hybridized carbons (Fsp3) is 0.316. The number of aliphatic imine (C=N–C) groups is 1. The average Bonchev–Trinajstić information content (AvgIpc) is 3.15. The lowest BCUT2D eigenvalue weighted by molar-refractivity contribution is 0.241. The highest BCUT2D eigenvalue weighted by atomic mass is 19.1. The Bertz CT molecular complexity index is 704. The summed E-state index contributed by atoms with van der Waals surface area (Å²) in [5, 5.41) is 3.23. The number of nitrogens with zero attached hydrogens (tertiary/aromatic N) is 1. The van der Waals surface area contributed by atoms with Gasteiger partial charge in [-0.3, -0.25) is 4.99 Å². The lowest BCUT2D eigenvalue weighted by atomic mass is 10.1. The maximum absolute atomic E-state index is 14.2. The predicted octanol–water partition coefficient (Wildman–Crippen LogP) is 3.22. The molecule has 0 aromatic heterocycles. The summed E-state index contributed by atoms with van der Waals surface area (Å²) in [7, 11) is 1.51. The first-order valence-corrected chi connectivity index (χ1v) is 8.08. The molecule has 0 saturated carbocycles. The van der Waals surface area contributed by atoms with Crippen LogP contribution in [0.25, 0.3) is 0 Å². The second-order valence-corrected chi connectivity index (χ2v) is 5.62. The number of hydrogen-bond donors (Lipinski definition) is 1. The first kappa shape index (κ1) is 16.3. The monoisotopic (exact) mass is 328 g/mol. The van der Waals surface area contributed by atoms with Gasteiger partial charge < -0.3 is 14.8 Å². The first-order valence-electron chi connectivity index (χ1n) is 8.08. The zero-order chi connectivity index (χ0) is 16.8. The van der Waals surface area contributed by atoms with Gasteiger partial charge in [-0.25, -0.2) is 4.39 Å². The zero-order valence-corrected chi connectivity index (χ0v) is 13.7. The van der Waals surface area contributed by atoms with Gasteiger partial charge in [0.1, 0.15) is 11.6 Å². The van der Waals surface area contributed by atoms with Gasteiger partial charge in [0.05, 0.1) is 13.7 Å². The van der Waals surface area contributed by atoms with E-state index in [0.29, 0.717) is 5.75 Å². The Morgan fingerprint density at radius 2 is 2.04 bits per heavy atom. The fourth-order valence-electron chi connectivity index (χ4n) is 2.68. The van der Waals surface area contributed by atoms with E-state index in [4.69, 9.17) is 9.47 Å². The molecule has 1 aliphatic rings. The highest BCUT2D eigenvalue weighted by Crippen LogP contribution is 2.24. The van der Waals surface area contributed by atoms with E-state index in [2.05, 4.69) is 22.4 Å². The molecule has 0 saturated heterocycles. The molecule has 2 aromatic carbocycles. The van der Waals surface area contributed by atoms with Gasteiger partial charge in [-0.05, 0) is 30.5 Å². The van der Waals surface area contributed by atoms with Gasteiger partial charge in [0.15, 0.2) is 17.7 Å². The summed E-state index contributed by atoms with van der Waals surface area (Å²) in [6.07, 6.45) is 1.27. The van der Waals surface area contributed by atoms with Gasteiger partial charge in [-0.2, -0.15) is 0 Å². The molecule has 1 unspecified atom stereocenters. The number of amidine groups is 1. The minimum Gasteiger partial charge on any atom is -0.497 e. The molecular formula is C19H21FN2O2. The van der Waals surface area contributed by atoms with E-state index in [1.165, 1.54) is 18.7 Å². The summed E-state index contributed by atoms with van der Waals surface area (Å²) in [5.41, 5.74) is 1.22. The number of halogens is 1. The molecule has 1 heterocycles. The number of nitrogens with one attached hydrogen (secondary N) is 1. The summed E-state index contributed by atoms with van der Waals surface area (Å²) in [6.45, 7) is 1.53. The number of rotatable bonds is 7. The number of ether oxygens (including phenoxy) is 2. The van der Waals surface area contributed by atoms with Crippen LogP contribution in [-0.2, 0) is 6.42 Å². The van der Waals surface area contributed by atoms with Crippen LogP contribution in [0.5, 0.6) is 11.5 Å². The SMILES string of the molecule is COc1ccc(OC(CCc2ccccc2)C2=NCCN2)c(F)c1. The maximum Gasteiger partial charge on any atom is 0.168 e. The van der Waals surface area contributed by atoms with E-state index < -0.39 is 5.82 Å². The van der Waals surface area contributed by atoms with E-state index in [-0.39, 0.29) is 11.9 Å². The van der Waals surface area contributed by atoms with Crippen LogP contribution in [0, 0.1) is 5.82 Å². The Balaban J connectivity index is 1.73. The van der Waals surface area contributed by atoms with Crippen molar-refractivity contribution >= 4 is 5.84 Å². The summed E-state index contributed by atoms with van der Waals surface area (Å²) in [6, 6.07) is 14.8. The van der Waals surface area contributed by atoms with Crippen molar-refractivity contribution in [2.45, 2.75) is 18.9 Å². The summed E-state index contributed by atoms with van der Waals surface area (Å²) in [5.74, 6) is 1.04. The highest BCUT2D eigenvalue weighted by Gasteiger charge is 2.22. The van der Waals surface area contributed by atoms with Crippen LogP contribution >= 0.6 is 0 Å². The summed E-state index contributed by atoms with van der Waals surface area (Å²) in [4.78, 5) is 4.44. The molecule has 126 valence electrons. The second kappa shape index (κ2) is 7.81. The van der Waals surface area contributed by atoms with Crippen LogP contribution in [0.1, 0.15) is 12.0 Å². The van der Waals surface area contributed by atoms with Crippen LogP contribution in [0.2, 0.25) is 0 Å².